The van der Waals surface area contributed by atoms with Crippen molar-refractivity contribution < 1.29 is 59.0 Å². The highest BCUT2D eigenvalue weighted by molar-refractivity contribution is 5.76. The van der Waals surface area contributed by atoms with E-state index in [2.05, 4.69) is 10.6 Å². The first-order valence-electron chi connectivity index (χ1n) is 12.8. The third-order valence-corrected chi connectivity index (χ3v) is 6.62. The molecule has 16 heteroatoms. The van der Waals surface area contributed by atoms with Gasteiger partial charge in [-0.15, -0.1) is 0 Å². The summed E-state index contributed by atoms with van der Waals surface area (Å²) in [7, 11) is 0. The van der Waals surface area contributed by atoms with E-state index in [0.717, 1.165) is 0 Å². The Labute approximate surface area is 228 Å². The lowest BCUT2D eigenvalue weighted by molar-refractivity contribution is -0.384. The van der Waals surface area contributed by atoms with Gasteiger partial charge in [0.15, 0.2) is 6.29 Å². The lowest BCUT2D eigenvalue weighted by Crippen LogP contribution is -2.69. The number of aliphatic hydroxyl groups is 5. The molecule has 0 bridgehead atoms. The van der Waals surface area contributed by atoms with Crippen LogP contribution in [-0.2, 0) is 23.8 Å². The zero-order valence-corrected chi connectivity index (χ0v) is 21.9. The number of nitro groups is 1. The van der Waals surface area contributed by atoms with Crippen LogP contribution in [0.2, 0.25) is 0 Å². The largest absolute Gasteiger partial charge is 0.463 e. The lowest BCUT2D eigenvalue weighted by atomic mass is 9.94. The molecule has 0 unspecified atom stereocenters. The summed E-state index contributed by atoms with van der Waals surface area (Å²) in [6.07, 6.45) is -11.7. The molecule has 0 aliphatic carbocycles. The number of non-ortho nitro benzene ring substituents is 1. The summed E-state index contributed by atoms with van der Waals surface area (Å²) in [5.41, 5.74) is -0.194. The first-order chi connectivity index (χ1) is 19.0. The van der Waals surface area contributed by atoms with E-state index in [4.69, 9.17) is 18.9 Å². The summed E-state index contributed by atoms with van der Waals surface area (Å²) in [5.74, 6) is -0.901. The Bertz CT molecular complexity index is 1010. The first kappa shape index (κ1) is 31.6. The zero-order valence-electron chi connectivity index (χ0n) is 21.9. The van der Waals surface area contributed by atoms with Crippen molar-refractivity contribution in [1.29, 1.82) is 0 Å². The Morgan fingerprint density at radius 2 is 1.40 bits per heavy atom. The van der Waals surface area contributed by atoms with Gasteiger partial charge in [0.05, 0.1) is 18.1 Å². The fraction of sp³-hybridized carbons (Fsp3) is 0.667. The number of ether oxygens (including phenoxy) is 4. The molecule has 2 aliphatic rings. The number of hydrogen-bond donors (Lipinski definition) is 7. The van der Waals surface area contributed by atoms with Gasteiger partial charge in [-0.2, -0.15) is 0 Å². The van der Waals surface area contributed by atoms with Gasteiger partial charge in [0.2, 0.25) is 18.1 Å². The molecule has 224 valence electrons. The number of carbonyl (C=O) groups is 2. The highest BCUT2D eigenvalue weighted by Crippen LogP contribution is 2.31. The minimum atomic E-state index is -1.63. The minimum absolute atomic E-state index is 0.0245. The predicted octanol–water partition coefficient (Wildman–Crippen LogP) is -2.33. The second-order valence-electron chi connectivity index (χ2n) is 9.29. The summed E-state index contributed by atoms with van der Waals surface area (Å²) < 4.78 is 23.1. The quantitative estimate of drug-likeness (QED) is 0.109. The first-order valence-corrected chi connectivity index (χ1v) is 12.8. The highest BCUT2D eigenvalue weighted by Gasteiger charge is 2.52. The summed E-state index contributed by atoms with van der Waals surface area (Å²) in [6.45, 7) is 1.70. The molecule has 0 aromatic heterocycles. The second-order valence-corrected chi connectivity index (χ2v) is 9.29. The summed E-state index contributed by atoms with van der Waals surface area (Å²) in [5, 5.41) is 67.9. The van der Waals surface area contributed by atoms with Crippen molar-refractivity contribution in [3.8, 4) is 5.75 Å². The van der Waals surface area contributed by atoms with Gasteiger partial charge in [-0.1, -0.05) is 13.8 Å². The van der Waals surface area contributed by atoms with Gasteiger partial charge < -0.3 is 55.1 Å². The number of aliphatic hydroxyl groups excluding tert-OH is 5. The molecular weight excluding hydrogens is 538 g/mol. The van der Waals surface area contributed by atoms with Crippen molar-refractivity contribution >= 4 is 17.5 Å². The number of nitrogens with one attached hydrogen (secondary N) is 2. The number of nitrogens with zero attached hydrogens (tertiary/aromatic N) is 1. The van der Waals surface area contributed by atoms with Crippen LogP contribution < -0.4 is 15.4 Å². The second kappa shape index (κ2) is 14.1. The van der Waals surface area contributed by atoms with Gasteiger partial charge in [-0.25, -0.2) is 0 Å². The monoisotopic (exact) mass is 573 g/mol. The zero-order chi connectivity index (χ0) is 29.6. The van der Waals surface area contributed by atoms with Gasteiger partial charge in [-0.3, -0.25) is 19.7 Å². The molecule has 2 amide bonds. The third kappa shape index (κ3) is 7.21. The molecule has 3 rings (SSSR count). The SMILES string of the molecule is CCC(=O)N[C@H]1[C@H](Oc2ccc([N+](=O)[O-])cc2)O[C@H](CO)[C@@H](O[C@@H]2O[C@H](CO)[C@@H](O)[C@H](O)[C@H]2NC(=O)CC)[C@@H]1O. The van der Waals surface area contributed by atoms with E-state index >= 15 is 0 Å². The van der Waals surface area contributed by atoms with Crippen LogP contribution >= 0.6 is 0 Å². The van der Waals surface area contributed by atoms with Crippen molar-refractivity contribution in [2.75, 3.05) is 13.2 Å². The molecule has 40 heavy (non-hydrogen) atoms. The van der Waals surface area contributed by atoms with E-state index in [-0.39, 0.29) is 24.3 Å². The molecule has 1 aromatic carbocycles. The van der Waals surface area contributed by atoms with Crippen LogP contribution in [0.15, 0.2) is 24.3 Å². The third-order valence-electron chi connectivity index (χ3n) is 6.62. The minimum Gasteiger partial charge on any atom is -0.463 e. The van der Waals surface area contributed by atoms with Crippen LogP contribution in [0.25, 0.3) is 0 Å². The molecule has 16 nitrogen and oxygen atoms in total. The molecule has 0 radical (unpaired) electrons. The van der Waals surface area contributed by atoms with Gasteiger partial charge in [0, 0.05) is 25.0 Å². The molecule has 2 fully saturated rings. The number of amides is 2. The normalized spacial score (nSPS) is 34.1. The Hall–Kier alpha value is -2.96. The fourth-order valence-electron chi connectivity index (χ4n) is 4.35. The molecule has 2 saturated heterocycles. The number of carbonyl (C=O) groups excluding carboxylic acids is 2. The Balaban J connectivity index is 1.88. The van der Waals surface area contributed by atoms with Gasteiger partial charge in [0.25, 0.3) is 5.69 Å². The number of hydrogen-bond acceptors (Lipinski definition) is 13. The molecule has 10 atom stereocenters. The molecular formula is C24H35N3O13. The van der Waals surface area contributed by atoms with Crippen LogP contribution in [0.4, 0.5) is 5.69 Å². The van der Waals surface area contributed by atoms with E-state index in [9.17, 15) is 45.2 Å². The molecule has 2 aliphatic heterocycles. The fourth-order valence-corrected chi connectivity index (χ4v) is 4.35. The van der Waals surface area contributed by atoms with E-state index < -0.39 is 91.2 Å². The molecule has 0 spiro atoms. The van der Waals surface area contributed by atoms with E-state index in [1.807, 2.05) is 0 Å². The van der Waals surface area contributed by atoms with E-state index in [0.29, 0.717) is 0 Å². The topological polar surface area (TPSA) is 239 Å². The van der Waals surface area contributed by atoms with Crippen LogP contribution in [0.1, 0.15) is 26.7 Å². The van der Waals surface area contributed by atoms with Crippen LogP contribution in [0.5, 0.6) is 5.75 Å². The van der Waals surface area contributed by atoms with E-state index in [1.165, 1.54) is 24.3 Å². The maximum absolute atomic E-state index is 12.3. The lowest BCUT2D eigenvalue weighted by Gasteiger charge is -2.48. The smallest absolute Gasteiger partial charge is 0.269 e. The summed E-state index contributed by atoms with van der Waals surface area (Å²) in [4.78, 5) is 34.8. The van der Waals surface area contributed by atoms with E-state index in [1.54, 1.807) is 13.8 Å². The number of rotatable bonds is 11. The standard InChI is InChI=1S/C24H35N3O13/c1-3-15(30)25-17-20(33)19(32)13(9-28)38-24(17)40-22-14(10-29)39-23(18(21(22)34)26-16(31)4-2)37-12-7-5-11(6-8-12)27(35)36/h5-8,13-14,17-24,28-29,32-34H,3-4,9-10H2,1-2H3,(H,25,30)(H,26,31)/t13-,14-,17-,18-,19-,20-,21-,22-,23-,24+/m1/s1. The van der Waals surface area contributed by atoms with Gasteiger partial charge in [0.1, 0.15) is 54.5 Å². The Morgan fingerprint density at radius 3 is 1.90 bits per heavy atom. The summed E-state index contributed by atoms with van der Waals surface area (Å²) >= 11 is 0. The Morgan fingerprint density at radius 1 is 0.875 bits per heavy atom. The van der Waals surface area contributed by atoms with Crippen LogP contribution in [0, 0.1) is 10.1 Å². The van der Waals surface area contributed by atoms with Crippen molar-refractivity contribution in [3.05, 3.63) is 34.4 Å². The van der Waals surface area contributed by atoms with Crippen molar-refractivity contribution in [1.82, 2.24) is 10.6 Å². The van der Waals surface area contributed by atoms with Gasteiger partial charge >= 0.3 is 0 Å². The maximum atomic E-state index is 12.3. The van der Waals surface area contributed by atoms with Crippen molar-refractivity contribution in [2.24, 2.45) is 0 Å². The molecule has 7 N–H and O–H groups in total. The predicted molar refractivity (Wildman–Crippen MR) is 133 cm³/mol. The van der Waals surface area contributed by atoms with Gasteiger partial charge in [-0.05, 0) is 12.1 Å². The number of nitro benzene ring substituents is 1. The molecule has 2 heterocycles. The molecule has 0 saturated carbocycles. The average molecular weight is 574 g/mol. The summed E-state index contributed by atoms with van der Waals surface area (Å²) in [6, 6.07) is 2.34. The average Bonchev–Trinajstić information content (AvgIpc) is 2.95. The maximum Gasteiger partial charge on any atom is 0.269 e. The van der Waals surface area contributed by atoms with Crippen LogP contribution in [-0.4, -0.2) is 117 Å². The van der Waals surface area contributed by atoms with Crippen LogP contribution in [0.3, 0.4) is 0 Å². The van der Waals surface area contributed by atoms with Crippen molar-refractivity contribution in [2.45, 2.75) is 88.0 Å². The van der Waals surface area contributed by atoms with Crippen molar-refractivity contribution in [3.63, 3.8) is 0 Å². The molecule has 1 aromatic rings. The highest BCUT2D eigenvalue weighted by atomic mass is 16.7. The number of benzene rings is 1. The Kier molecular flexibility index (Phi) is 11.1.